The van der Waals surface area contributed by atoms with Crippen molar-refractivity contribution in [1.82, 2.24) is 4.90 Å². The van der Waals surface area contributed by atoms with Crippen molar-refractivity contribution in [3.8, 4) is 0 Å². The molecule has 1 nitrogen and oxygen atoms in total. The number of benzene rings is 2. The molecular weight excluding hydrogens is 325 g/mol. The van der Waals surface area contributed by atoms with Gasteiger partial charge in [-0.05, 0) is 40.7 Å². The number of likely N-dealkylation sites (tertiary alicyclic amines) is 1. The fourth-order valence-electron chi connectivity index (χ4n) is 3.41. The smallest absolute Gasteiger partial charge is 0.0603 e. The van der Waals surface area contributed by atoms with Gasteiger partial charge in [-0.15, -0.1) is 0 Å². The molecule has 2 aromatic rings. The van der Waals surface area contributed by atoms with E-state index in [0.717, 1.165) is 13.1 Å². The molecule has 1 aliphatic rings. The van der Waals surface area contributed by atoms with Crippen molar-refractivity contribution in [3.63, 3.8) is 0 Å². The lowest BCUT2D eigenvalue weighted by Crippen LogP contribution is -2.58. The standard InChI is InChI=1S/C20H23Cl2N/c1-14(2)20(3)12-23(13-20)19(15-7-5-4-6-8-15)16-9-17(21)11-18(22)10-16/h4-11,14,19H,12-13H2,1-3H3/t19-/m0/s1. The molecule has 1 heterocycles. The lowest BCUT2D eigenvalue weighted by molar-refractivity contribution is -0.0404. The van der Waals surface area contributed by atoms with E-state index in [4.69, 9.17) is 23.2 Å². The number of halogens is 2. The van der Waals surface area contributed by atoms with E-state index in [-0.39, 0.29) is 6.04 Å². The highest BCUT2D eigenvalue weighted by atomic mass is 35.5. The van der Waals surface area contributed by atoms with Gasteiger partial charge in [-0.3, -0.25) is 4.90 Å². The van der Waals surface area contributed by atoms with Crippen LogP contribution in [0.4, 0.5) is 0 Å². The molecule has 2 aromatic carbocycles. The van der Waals surface area contributed by atoms with Crippen LogP contribution in [0.1, 0.15) is 37.9 Å². The molecule has 0 aromatic heterocycles. The van der Waals surface area contributed by atoms with Crippen molar-refractivity contribution in [1.29, 1.82) is 0 Å². The minimum atomic E-state index is 0.208. The van der Waals surface area contributed by atoms with Crippen molar-refractivity contribution >= 4 is 23.2 Å². The van der Waals surface area contributed by atoms with Crippen molar-refractivity contribution in [2.45, 2.75) is 26.8 Å². The first kappa shape index (κ1) is 16.8. The van der Waals surface area contributed by atoms with E-state index in [2.05, 4.69) is 56.0 Å². The van der Waals surface area contributed by atoms with Crippen LogP contribution in [-0.4, -0.2) is 18.0 Å². The molecule has 1 aliphatic heterocycles. The second-order valence-electron chi connectivity index (χ2n) is 7.23. The molecule has 1 saturated heterocycles. The van der Waals surface area contributed by atoms with Crippen LogP contribution in [0, 0.1) is 11.3 Å². The molecule has 0 aliphatic carbocycles. The summed E-state index contributed by atoms with van der Waals surface area (Å²) in [5.41, 5.74) is 2.84. The Bertz CT molecular complexity index is 655. The summed E-state index contributed by atoms with van der Waals surface area (Å²) in [7, 11) is 0. The Morgan fingerprint density at radius 2 is 1.48 bits per heavy atom. The highest BCUT2D eigenvalue weighted by Crippen LogP contribution is 2.44. The van der Waals surface area contributed by atoms with Crippen LogP contribution < -0.4 is 0 Å². The molecule has 3 heteroatoms. The molecule has 0 bridgehead atoms. The zero-order chi connectivity index (χ0) is 16.6. The predicted octanol–water partition coefficient (Wildman–Crippen LogP) is 6.06. The van der Waals surface area contributed by atoms with Gasteiger partial charge in [0.15, 0.2) is 0 Å². The summed E-state index contributed by atoms with van der Waals surface area (Å²) >= 11 is 12.5. The van der Waals surface area contributed by atoms with Crippen molar-refractivity contribution < 1.29 is 0 Å². The van der Waals surface area contributed by atoms with Gasteiger partial charge in [0, 0.05) is 23.1 Å². The Balaban J connectivity index is 1.96. The minimum Gasteiger partial charge on any atom is -0.291 e. The monoisotopic (exact) mass is 347 g/mol. The van der Waals surface area contributed by atoms with Crippen LogP contribution in [-0.2, 0) is 0 Å². The summed E-state index contributed by atoms with van der Waals surface area (Å²) in [6, 6.07) is 16.7. The number of nitrogens with zero attached hydrogens (tertiary/aromatic N) is 1. The predicted molar refractivity (Wildman–Crippen MR) is 99.3 cm³/mol. The topological polar surface area (TPSA) is 3.24 Å². The number of hydrogen-bond acceptors (Lipinski definition) is 1. The van der Waals surface area contributed by atoms with E-state index in [0.29, 0.717) is 21.4 Å². The van der Waals surface area contributed by atoms with E-state index < -0.39 is 0 Å². The van der Waals surface area contributed by atoms with Gasteiger partial charge in [-0.25, -0.2) is 0 Å². The molecule has 0 amide bonds. The van der Waals surface area contributed by atoms with E-state index in [1.807, 2.05) is 12.1 Å². The highest BCUT2D eigenvalue weighted by Gasteiger charge is 2.44. The Morgan fingerprint density at radius 3 is 2.00 bits per heavy atom. The van der Waals surface area contributed by atoms with Crippen LogP contribution in [0.3, 0.4) is 0 Å². The summed E-state index contributed by atoms with van der Waals surface area (Å²) < 4.78 is 0. The summed E-state index contributed by atoms with van der Waals surface area (Å²) in [6.07, 6.45) is 0. The van der Waals surface area contributed by atoms with E-state index >= 15 is 0 Å². The van der Waals surface area contributed by atoms with Gasteiger partial charge in [0.1, 0.15) is 0 Å². The van der Waals surface area contributed by atoms with Crippen LogP contribution in [0.2, 0.25) is 10.0 Å². The van der Waals surface area contributed by atoms with Crippen LogP contribution in [0.15, 0.2) is 48.5 Å². The Morgan fingerprint density at radius 1 is 0.913 bits per heavy atom. The van der Waals surface area contributed by atoms with E-state index in [1.54, 1.807) is 6.07 Å². The average molecular weight is 348 g/mol. The fourth-order valence-corrected chi connectivity index (χ4v) is 3.95. The Labute approximate surface area is 149 Å². The van der Waals surface area contributed by atoms with E-state index in [9.17, 15) is 0 Å². The molecule has 0 radical (unpaired) electrons. The molecule has 122 valence electrons. The fraction of sp³-hybridized carbons (Fsp3) is 0.400. The second kappa shape index (κ2) is 6.47. The normalized spacial score (nSPS) is 18.7. The quantitative estimate of drug-likeness (QED) is 0.649. The molecule has 0 N–H and O–H groups in total. The van der Waals surface area contributed by atoms with Crippen molar-refractivity contribution in [3.05, 3.63) is 69.7 Å². The molecule has 0 unspecified atom stereocenters. The molecule has 1 fully saturated rings. The lowest BCUT2D eigenvalue weighted by atomic mass is 9.71. The SMILES string of the molecule is CC(C)C1(C)CN([C@@H](c2ccccc2)c2cc(Cl)cc(Cl)c2)C1. The maximum atomic E-state index is 6.25. The van der Waals surface area contributed by atoms with Gasteiger partial charge < -0.3 is 0 Å². The summed E-state index contributed by atoms with van der Waals surface area (Å²) in [6.45, 7) is 9.18. The second-order valence-corrected chi connectivity index (χ2v) is 8.10. The first-order chi connectivity index (χ1) is 10.9. The van der Waals surface area contributed by atoms with Crippen LogP contribution in [0.25, 0.3) is 0 Å². The molecule has 23 heavy (non-hydrogen) atoms. The zero-order valence-electron chi connectivity index (χ0n) is 13.9. The number of rotatable bonds is 4. The van der Waals surface area contributed by atoms with Gasteiger partial charge in [0.2, 0.25) is 0 Å². The molecular formula is C20H23Cl2N. The third-order valence-electron chi connectivity index (χ3n) is 5.20. The van der Waals surface area contributed by atoms with Crippen LogP contribution >= 0.6 is 23.2 Å². The minimum absolute atomic E-state index is 0.208. The largest absolute Gasteiger partial charge is 0.291 e. The average Bonchev–Trinajstić information content (AvgIpc) is 2.45. The number of hydrogen-bond donors (Lipinski definition) is 0. The first-order valence-electron chi connectivity index (χ1n) is 8.14. The summed E-state index contributed by atoms with van der Waals surface area (Å²) in [5.74, 6) is 0.679. The Hall–Kier alpha value is -1.02. The van der Waals surface area contributed by atoms with Gasteiger partial charge >= 0.3 is 0 Å². The van der Waals surface area contributed by atoms with Gasteiger partial charge in [0.05, 0.1) is 6.04 Å². The summed E-state index contributed by atoms with van der Waals surface area (Å²) in [4.78, 5) is 2.53. The van der Waals surface area contributed by atoms with Crippen LogP contribution in [0.5, 0.6) is 0 Å². The van der Waals surface area contributed by atoms with Crippen molar-refractivity contribution in [2.24, 2.45) is 11.3 Å². The third kappa shape index (κ3) is 3.42. The van der Waals surface area contributed by atoms with Gasteiger partial charge in [-0.2, -0.15) is 0 Å². The lowest BCUT2D eigenvalue weighted by Gasteiger charge is -2.54. The van der Waals surface area contributed by atoms with E-state index in [1.165, 1.54) is 11.1 Å². The molecule has 3 rings (SSSR count). The van der Waals surface area contributed by atoms with Gasteiger partial charge in [-0.1, -0.05) is 74.3 Å². The zero-order valence-corrected chi connectivity index (χ0v) is 15.4. The van der Waals surface area contributed by atoms with Gasteiger partial charge in [0.25, 0.3) is 0 Å². The molecule has 0 saturated carbocycles. The summed E-state index contributed by atoms with van der Waals surface area (Å²) in [5, 5.41) is 1.39. The first-order valence-corrected chi connectivity index (χ1v) is 8.90. The maximum Gasteiger partial charge on any atom is 0.0603 e. The highest BCUT2D eigenvalue weighted by molar-refractivity contribution is 6.34. The molecule has 0 spiro atoms. The maximum absolute atomic E-state index is 6.25. The third-order valence-corrected chi connectivity index (χ3v) is 5.64. The molecule has 1 atom stereocenters. The Kier molecular flexibility index (Phi) is 4.73. The van der Waals surface area contributed by atoms with Crippen molar-refractivity contribution in [2.75, 3.05) is 13.1 Å².